The largest absolute Gasteiger partial charge is 0.377 e. The van der Waals surface area contributed by atoms with Crippen LogP contribution in [0.2, 0.25) is 0 Å². The third kappa shape index (κ3) is 1.32. The number of ether oxygens (including phenoxy) is 1. The van der Waals surface area contributed by atoms with Gasteiger partial charge in [-0.2, -0.15) is 0 Å². The molecule has 1 N–H and O–H groups in total. The molecule has 2 fully saturated rings. The molecule has 58 valence electrons. The molecule has 1 atom stereocenters. The van der Waals surface area contributed by atoms with Crippen LogP contribution in [0.15, 0.2) is 0 Å². The van der Waals surface area contributed by atoms with Gasteiger partial charge in [0.15, 0.2) is 0 Å². The van der Waals surface area contributed by atoms with Crippen molar-refractivity contribution in [2.24, 2.45) is 0 Å². The predicted octanol–water partition coefficient (Wildman–Crippen LogP) is 0.917. The Labute approximate surface area is 61.9 Å². The van der Waals surface area contributed by atoms with Gasteiger partial charge in [0, 0.05) is 6.04 Å². The van der Waals surface area contributed by atoms with E-state index in [0.717, 1.165) is 6.61 Å². The van der Waals surface area contributed by atoms with E-state index in [2.05, 4.69) is 5.32 Å². The maximum Gasteiger partial charge on any atom is 0.0623 e. The minimum Gasteiger partial charge on any atom is -0.377 e. The molecule has 0 amide bonds. The highest BCUT2D eigenvalue weighted by Crippen LogP contribution is 2.22. The maximum absolute atomic E-state index is 5.62. The second-order valence-corrected chi connectivity index (χ2v) is 3.33. The summed E-state index contributed by atoms with van der Waals surface area (Å²) in [6, 6.07) is 0.681. The molecule has 0 aromatic heterocycles. The molecule has 0 radical (unpaired) electrons. The van der Waals surface area contributed by atoms with Gasteiger partial charge in [-0.3, -0.25) is 0 Å². The average molecular weight is 141 g/mol. The Morgan fingerprint density at radius 2 is 2.10 bits per heavy atom. The molecule has 1 unspecified atom stereocenters. The fourth-order valence-corrected chi connectivity index (χ4v) is 1.28. The molecule has 2 nitrogen and oxygen atoms in total. The van der Waals surface area contributed by atoms with Crippen molar-refractivity contribution >= 4 is 0 Å². The summed E-state index contributed by atoms with van der Waals surface area (Å²) in [5.74, 6) is 0. The van der Waals surface area contributed by atoms with E-state index in [0.29, 0.717) is 12.1 Å². The van der Waals surface area contributed by atoms with Gasteiger partial charge >= 0.3 is 0 Å². The lowest BCUT2D eigenvalue weighted by Crippen LogP contribution is -2.47. The lowest BCUT2D eigenvalue weighted by Gasteiger charge is -2.32. The molecular formula is C8H15NO. The summed E-state index contributed by atoms with van der Waals surface area (Å²) in [6.45, 7) is 2.14. The van der Waals surface area contributed by atoms with Crippen molar-refractivity contribution in [2.45, 2.75) is 37.8 Å². The molecule has 1 saturated heterocycles. The van der Waals surface area contributed by atoms with Crippen LogP contribution >= 0.6 is 0 Å². The number of hydrogen-bond donors (Lipinski definition) is 1. The van der Waals surface area contributed by atoms with Gasteiger partial charge in [0.2, 0.25) is 0 Å². The molecule has 0 aromatic rings. The highest BCUT2D eigenvalue weighted by atomic mass is 16.5. The lowest BCUT2D eigenvalue weighted by atomic mass is 9.96. The van der Waals surface area contributed by atoms with Gasteiger partial charge < -0.3 is 10.1 Å². The van der Waals surface area contributed by atoms with Crippen LogP contribution in [-0.2, 0) is 4.74 Å². The van der Waals surface area contributed by atoms with Crippen molar-refractivity contribution < 1.29 is 4.74 Å². The molecule has 10 heavy (non-hydrogen) atoms. The maximum atomic E-state index is 5.62. The van der Waals surface area contributed by atoms with E-state index in [1.54, 1.807) is 0 Å². The van der Waals surface area contributed by atoms with Crippen molar-refractivity contribution in [3.63, 3.8) is 0 Å². The molecular weight excluding hydrogens is 126 g/mol. The first-order chi connectivity index (χ1) is 4.95. The number of rotatable bonds is 3. The van der Waals surface area contributed by atoms with Gasteiger partial charge in [0.05, 0.1) is 12.7 Å². The van der Waals surface area contributed by atoms with E-state index in [4.69, 9.17) is 4.74 Å². The normalized spacial score (nSPS) is 33.0. The smallest absolute Gasteiger partial charge is 0.0623 e. The Bertz CT molecular complexity index is 93.8. The van der Waals surface area contributed by atoms with E-state index in [1.807, 2.05) is 0 Å². The molecule has 1 aliphatic heterocycles. The van der Waals surface area contributed by atoms with Crippen molar-refractivity contribution in [2.75, 3.05) is 13.2 Å². The number of hydrogen-bond acceptors (Lipinski definition) is 2. The Balaban J connectivity index is 1.54. The van der Waals surface area contributed by atoms with E-state index in [9.17, 15) is 0 Å². The van der Waals surface area contributed by atoms with Crippen LogP contribution in [0, 0.1) is 0 Å². The van der Waals surface area contributed by atoms with E-state index < -0.39 is 0 Å². The van der Waals surface area contributed by atoms with Crippen LogP contribution in [0.5, 0.6) is 0 Å². The van der Waals surface area contributed by atoms with Crippen LogP contribution < -0.4 is 5.32 Å². The summed E-state index contributed by atoms with van der Waals surface area (Å²) in [5, 5.41) is 3.32. The second kappa shape index (κ2) is 2.89. The molecule has 2 heteroatoms. The highest BCUT2D eigenvalue weighted by molar-refractivity contribution is 4.78. The van der Waals surface area contributed by atoms with Crippen LogP contribution in [0.25, 0.3) is 0 Å². The quantitative estimate of drug-likeness (QED) is 0.631. The summed E-state index contributed by atoms with van der Waals surface area (Å²) >= 11 is 0. The summed E-state index contributed by atoms with van der Waals surface area (Å²) in [4.78, 5) is 0. The van der Waals surface area contributed by atoms with Crippen molar-refractivity contribution in [3.8, 4) is 0 Å². The molecule has 1 saturated carbocycles. The third-order valence-corrected chi connectivity index (χ3v) is 2.51. The minimum atomic E-state index is 0.613. The SMILES string of the molecule is C1CC(OCC2CCN2)C1. The topological polar surface area (TPSA) is 21.3 Å². The van der Waals surface area contributed by atoms with Gasteiger partial charge in [-0.1, -0.05) is 0 Å². The molecule has 2 rings (SSSR count). The first-order valence-electron chi connectivity index (χ1n) is 4.30. The summed E-state index contributed by atoms with van der Waals surface area (Å²) in [7, 11) is 0. The van der Waals surface area contributed by atoms with Crippen LogP contribution in [0.3, 0.4) is 0 Å². The van der Waals surface area contributed by atoms with Gasteiger partial charge in [0.1, 0.15) is 0 Å². The average Bonchev–Trinajstić information content (AvgIpc) is 1.70. The van der Waals surface area contributed by atoms with Gasteiger partial charge in [0.25, 0.3) is 0 Å². The molecule has 1 aliphatic carbocycles. The van der Waals surface area contributed by atoms with Crippen molar-refractivity contribution in [3.05, 3.63) is 0 Å². The first kappa shape index (κ1) is 6.62. The molecule has 0 bridgehead atoms. The summed E-state index contributed by atoms with van der Waals surface area (Å²) < 4.78 is 5.62. The summed E-state index contributed by atoms with van der Waals surface area (Å²) in [6.07, 6.45) is 5.90. The molecule has 0 spiro atoms. The Hall–Kier alpha value is -0.0800. The van der Waals surface area contributed by atoms with Crippen molar-refractivity contribution in [1.82, 2.24) is 5.32 Å². The number of nitrogens with one attached hydrogen (secondary N) is 1. The fourth-order valence-electron chi connectivity index (χ4n) is 1.28. The van der Waals surface area contributed by atoms with E-state index in [-0.39, 0.29) is 0 Å². The third-order valence-electron chi connectivity index (χ3n) is 2.51. The van der Waals surface area contributed by atoms with Crippen LogP contribution in [-0.4, -0.2) is 25.3 Å². The zero-order valence-corrected chi connectivity index (χ0v) is 6.31. The predicted molar refractivity (Wildman–Crippen MR) is 40.0 cm³/mol. The Morgan fingerprint density at radius 3 is 2.50 bits per heavy atom. The summed E-state index contributed by atoms with van der Waals surface area (Å²) in [5.41, 5.74) is 0. The minimum absolute atomic E-state index is 0.613. The van der Waals surface area contributed by atoms with Crippen LogP contribution in [0.4, 0.5) is 0 Å². The van der Waals surface area contributed by atoms with E-state index >= 15 is 0 Å². The zero-order chi connectivity index (χ0) is 6.81. The standard InChI is InChI=1S/C8H15NO/c1-2-8(3-1)10-6-7-4-5-9-7/h7-9H,1-6H2. The molecule has 1 heterocycles. The Kier molecular flexibility index (Phi) is 1.91. The first-order valence-corrected chi connectivity index (χ1v) is 4.30. The van der Waals surface area contributed by atoms with E-state index in [1.165, 1.54) is 32.2 Å². The van der Waals surface area contributed by atoms with Gasteiger partial charge in [-0.25, -0.2) is 0 Å². The zero-order valence-electron chi connectivity index (χ0n) is 6.31. The molecule has 2 aliphatic rings. The van der Waals surface area contributed by atoms with Gasteiger partial charge in [-0.05, 0) is 32.2 Å². The Morgan fingerprint density at radius 1 is 1.30 bits per heavy atom. The monoisotopic (exact) mass is 141 g/mol. The fraction of sp³-hybridized carbons (Fsp3) is 1.00. The van der Waals surface area contributed by atoms with Gasteiger partial charge in [-0.15, -0.1) is 0 Å². The molecule has 0 aromatic carbocycles. The second-order valence-electron chi connectivity index (χ2n) is 3.33. The highest BCUT2D eigenvalue weighted by Gasteiger charge is 2.22. The van der Waals surface area contributed by atoms with Crippen LogP contribution in [0.1, 0.15) is 25.7 Å². The van der Waals surface area contributed by atoms with Crippen molar-refractivity contribution in [1.29, 1.82) is 0 Å². The lowest BCUT2D eigenvalue weighted by molar-refractivity contribution is -0.0165.